The average Bonchev–Trinajstić information content (AvgIpc) is 3.74. The third-order valence-electron chi connectivity index (χ3n) is 8.19. The summed E-state index contributed by atoms with van der Waals surface area (Å²) in [6.45, 7) is 3.71. The number of ether oxygens (including phenoxy) is 2. The lowest BCUT2D eigenvalue weighted by atomic mass is 10.0. The fourth-order valence-electron chi connectivity index (χ4n) is 5.80. The van der Waals surface area contributed by atoms with Crippen molar-refractivity contribution in [2.45, 2.75) is 43.3 Å². The van der Waals surface area contributed by atoms with Crippen LogP contribution in [-0.4, -0.2) is 58.7 Å². The molecule has 1 saturated heterocycles. The third-order valence-corrected chi connectivity index (χ3v) is 10.8. The first kappa shape index (κ1) is 32.0. The Labute approximate surface area is 267 Å². The molecule has 3 aromatic carbocycles. The van der Waals surface area contributed by atoms with Crippen LogP contribution in [0.25, 0.3) is 0 Å². The van der Waals surface area contributed by atoms with Gasteiger partial charge in [0.2, 0.25) is 0 Å². The van der Waals surface area contributed by atoms with Crippen LogP contribution in [0, 0.1) is 5.82 Å². The molecule has 2 atom stereocenters. The van der Waals surface area contributed by atoms with Gasteiger partial charge >= 0.3 is 0 Å². The fraction of sp³-hybridized carbons (Fsp3) is 0.344. The summed E-state index contributed by atoms with van der Waals surface area (Å²) in [4.78, 5) is 8.10. The van der Waals surface area contributed by atoms with Gasteiger partial charge in [0.25, 0.3) is 10.0 Å². The Balaban J connectivity index is 1.41. The molecule has 0 aliphatic carbocycles. The molecule has 12 heteroatoms. The van der Waals surface area contributed by atoms with E-state index in [4.69, 9.17) is 21.1 Å². The normalized spacial score (nSPS) is 16.1. The van der Waals surface area contributed by atoms with Gasteiger partial charge in [0.1, 0.15) is 22.2 Å². The molecule has 44 heavy (non-hydrogen) atoms. The van der Waals surface area contributed by atoms with Crippen LogP contribution in [0.1, 0.15) is 36.9 Å². The van der Waals surface area contributed by atoms with Crippen LogP contribution in [0.5, 0.6) is 11.5 Å². The highest BCUT2D eigenvalue weighted by molar-refractivity contribution is 7.92. The van der Waals surface area contributed by atoms with Crippen molar-refractivity contribution in [3.63, 3.8) is 0 Å². The van der Waals surface area contributed by atoms with Crippen molar-refractivity contribution in [1.29, 1.82) is 0 Å². The van der Waals surface area contributed by atoms with Crippen LogP contribution in [0.15, 0.2) is 76.4 Å². The number of nitrogens with zero attached hydrogens (tertiary/aromatic N) is 4. The molecule has 0 N–H and O–H groups in total. The Morgan fingerprint density at radius 3 is 2.57 bits per heavy atom. The second kappa shape index (κ2) is 13.7. The quantitative estimate of drug-likeness (QED) is 0.162. The summed E-state index contributed by atoms with van der Waals surface area (Å²) < 4.78 is 55.8. The number of aromatic nitrogens is 1. The van der Waals surface area contributed by atoms with Crippen LogP contribution in [-0.2, 0) is 16.6 Å². The molecule has 0 radical (unpaired) electrons. The Morgan fingerprint density at radius 2 is 1.91 bits per heavy atom. The second-order valence-electron chi connectivity index (χ2n) is 10.7. The van der Waals surface area contributed by atoms with Crippen LogP contribution >= 0.6 is 22.9 Å². The zero-order valence-corrected chi connectivity index (χ0v) is 27.5. The summed E-state index contributed by atoms with van der Waals surface area (Å²) in [5.41, 5.74) is 3.80. The van der Waals surface area contributed by atoms with Gasteiger partial charge < -0.3 is 14.4 Å². The van der Waals surface area contributed by atoms with E-state index in [0.717, 1.165) is 30.2 Å². The molecule has 1 aliphatic heterocycles. The number of rotatable bonds is 12. The number of sulfonamides is 1. The largest absolute Gasteiger partial charge is 0.497 e. The molecule has 5 rings (SSSR count). The fourth-order valence-corrected chi connectivity index (χ4v) is 8.24. The lowest BCUT2D eigenvalue weighted by molar-refractivity contribution is 0.236. The van der Waals surface area contributed by atoms with E-state index in [2.05, 4.69) is 41.1 Å². The van der Waals surface area contributed by atoms with Gasteiger partial charge in [0.15, 0.2) is 5.82 Å². The SMILES string of the molecule is CC[C@H](c1ccccc1)N1CCC(N(C)c2cc(F)c(S(=O)(=O)N(Cc3ccc(OC)cc3OC)c3cscn3)cc2Cl)C1. The van der Waals surface area contributed by atoms with E-state index in [1.807, 2.05) is 18.0 Å². The van der Waals surface area contributed by atoms with Crippen molar-refractivity contribution in [2.24, 2.45) is 0 Å². The molecular formula is C32H36ClFN4O4S2. The zero-order chi connectivity index (χ0) is 31.4. The Morgan fingerprint density at radius 1 is 1.14 bits per heavy atom. The number of likely N-dealkylation sites (N-methyl/N-ethyl adjacent to an activating group) is 1. The molecule has 1 aromatic heterocycles. The predicted molar refractivity (Wildman–Crippen MR) is 174 cm³/mol. The molecule has 4 aromatic rings. The lowest BCUT2D eigenvalue weighted by Crippen LogP contribution is -2.36. The summed E-state index contributed by atoms with van der Waals surface area (Å²) >= 11 is 7.96. The third kappa shape index (κ3) is 6.51. The maximum absolute atomic E-state index is 15.9. The highest BCUT2D eigenvalue weighted by Crippen LogP contribution is 2.37. The van der Waals surface area contributed by atoms with Crippen LogP contribution < -0.4 is 18.7 Å². The van der Waals surface area contributed by atoms with E-state index in [0.29, 0.717) is 22.7 Å². The van der Waals surface area contributed by atoms with Gasteiger partial charge in [0.05, 0.1) is 37.0 Å². The summed E-state index contributed by atoms with van der Waals surface area (Å²) in [6, 6.07) is 18.3. The Bertz CT molecular complexity index is 1680. The number of thiazole rings is 1. The number of hydrogen-bond donors (Lipinski definition) is 0. The maximum Gasteiger partial charge on any atom is 0.268 e. The summed E-state index contributed by atoms with van der Waals surface area (Å²) in [5, 5.41) is 1.75. The molecule has 0 bridgehead atoms. The van der Waals surface area contributed by atoms with Crippen molar-refractivity contribution in [3.05, 3.63) is 93.5 Å². The Hall–Kier alpha value is -3.38. The van der Waals surface area contributed by atoms with Crippen LogP contribution in [0.3, 0.4) is 0 Å². The van der Waals surface area contributed by atoms with E-state index in [-0.39, 0.29) is 29.5 Å². The Kier molecular flexibility index (Phi) is 9.99. The minimum absolute atomic E-state index is 0.0844. The molecule has 1 fully saturated rings. The van der Waals surface area contributed by atoms with Gasteiger partial charge in [-0.3, -0.25) is 4.90 Å². The van der Waals surface area contributed by atoms with Crippen LogP contribution in [0.2, 0.25) is 5.02 Å². The van der Waals surface area contributed by atoms with E-state index in [1.165, 1.54) is 48.8 Å². The number of benzene rings is 3. The van der Waals surface area contributed by atoms with Gasteiger partial charge in [-0.05, 0) is 36.6 Å². The van der Waals surface area contributed by atoms with Gasteiger partial charge in [-0.15, -0.1) is 11.3 Å². The molecule has 1 aliphatic rings. The molecule has 1 unspecified atom stereocenters. The average molecular weight is 659 g/mol. The highest BCUT2D eigenvalue weighted by Gasteiger charge is 2.34. The highest BCUT2D eigenvalue weighted by atomic mass is 35.5. The molecule has 8 nitrogen and oxygen atoms in total. The van der Waals surface area contributed by atoms with Crippen LogP contribution in [0.4, 0.5) is 15.9 Å². The molecule has 0 saturated carbocycles. The second-order valence-corrected chi connectivity index (χ2v) is 13.6. The van der Waals surface area contributed by atoms with Crippen molar-refractivity contribution < 1.29 is 22.3 Å². The lowest BCUT2D eigenvalue weighted by Gasteiger charge is -2.31. The van der Waals surface area contributed by atoms with Crippen molar-refractivity contribution >= 4 is 44.5 Å². The number of hydrogen-bond acceptors (Lipinski definition) is 8. The first-order valence-electron chi connectivity index (χ1n) is 14.3. The van der Waals surface area contributed by atoms with E-state index >= 15 is 4.39 Å². The number of likely N-dealkylation sites (tertiary alicyclic amines) is 1. The number of anilines is 2. The molecule has 0 amide bonds. The molecule has 2 heterocycles. The van der Waals surface area contributed by atoms with Crippen molar-refractivity contribution in [2.75, 3.05) is 43.6 Å². The molecule has 234 valence electrons. The van der Waals surface area contributed by atoms with E-state index in [1.54, 1.807) is 23.6 Å². The van der Waals surface area contributed by atoms with Gasteiger partial charge in [0, 0.05) is 55.3 Å². The van der Waals surface area contributed by atoms with Gasteiger partial charge in [-0.25, -0.2) is 22.1 Å². The maximum atomic E-state index is 15.9. The van der Waals surface area contributed by atoms with Gasteiger partial charge in [-0.1, -0.05) is 48.9 Å². The summed E-state index contributed by atoms with van der Waals surface area (Å²) in [7, 11) is 0.471. The summed E-state index contributed by atoms with van der Waals surface area (Å²) in [6.07, 6.45) is 1.85. The standard InChI is InChI=1S/C32H36ClFN4O4S2/c1-5-28(22-9-7-6-8-10-22)37-14-13-24(19-37)36(2)29-17-27(34)31(16-26(29)33)44(39,40)38(32-20-43-21-35-32)18-23-11-12-25(41-3)15-30(23)42-4/h6-12,15-17,20-21,24,28H,5,13-14,18-19H2,1-4H3/t24?,28-/m1/s1. The predicted octanol–water partition coefficient (Wildman–Crippen LogP) is 7.01. The monoisotopic (exact) mass is 658 g/mol. The minimum Gasteiger partial charge on any atom is -0.497 e. The molecular weight excluding hydrogens is 623 g/mol. The summed E-state index contributed by atoms with van der Waals surface area (Å²) in [5.74, 6) is 0.267. The zero-order valence-electron chi connectivity index (χ0n) is 25.1. The number of halogens is 2. The first-order chi connectivity index (χ1) is 21.2. The van der Waals surface area contributed by atoms with Crippen molar-refractivity contribution in [3.8, 4) is 11.5 Å². The van der Waals surface area contributed by atoms with E-state index < -0.39 is 20.7 Å². The smallest absolute Gasteiger partial charge is 0.268 e. The van der Waals surface area contributed by atoms with Gasteiger partial charge in [-0.2, -0.15) is 0 Å². The molecule has 0 spiro atoms. The minimum atomic E-state index is -4.43. The topological polar surface area (TPSA) is 75.2 Å². The first-order valence-corrected chi connectivity index (χ1v) is 17.1. The number of methoxy groups -OCH3 is 2. The van der Waals surface area contributed by atoms with Crippen molar-refractivity contribution in [1.82, 2.24) is 9.88 Å². The van der Waals surface area contributed by atoms with E-state index in [9.17, 15) is 8.42 Å².